The molecule has 122 valence electrons. The van der Waals surface area contributed by atoms with Gasteiger partial charge >= 0.3 is 5.97 Å². The third-order valence-corrected chi connectivity index (χ3v) is 3.35. The maximum absolute atomic E-state index is 12.7. The molecular weight excluding hydrogens is 314 g/mol. The molecule has 1 unspecified atom stereocenters. The van der Waals surface area contributed by atoms with Gasteiger partial charge in [-0.25, -0.2) is 9.80 Å². The molecule has 0 fully saturated rings. The first kappa shape index (κ1) is 15.3. The molecule has 3 N–H and O–H groups in total. The van der Waals surface area contributed by atoms with Crippen molar-refractivity contribution in [3.05, 3.63) is 66.1 Å². The van der Waals surface area contributed by atoms with Crippen LogP contribution in [0.1, 0.15) is 22.3 Å². The molecule has 0 spiro atoms. The Morgan fingerprint density at radius 3 is 2.71 bits per heavy atom. The Bertz CT molecular complexity index is 813. The predicted octanol–water partition coefficient (Wildman–Crippen LogP) is 1.52. The van der Waals surface area contributed by atoms with Crippen LogP contribution in [0.25, 0.3) is 0 Å². The van der Waals surface area contributed by atoms with E-state index in [0.717, 1.165) is 11.1 Å². The Labute approximate surface area is 136 Å². The largest absolute Gasteiger partial charge is 0.478 e. The number of aliphatic carboxylic acids is 1. The topological polar surface area (TPSA) is 112 Å². The number of nitrogens with one attached hydrogen (secondary N) is 2. The van der Waals surface area contributed by atoms with Gasteiger partial charge in [-0.15, -0.1) is 0 Å². The van der Waals surface area contributed by atoms with E-state index in [1.165, 1.54) is 6.26 Å². The summed E-state index contributed by atoms with van der Waals surface area (Å²) in [5.74, 6) is -2.03. The number of benzene rings is 1. The number of hydrogen-bond donors (Lipinski definition) is 3. The van der Waals surface area contributed by atoms with E-state index in [2.05, 4.69) is 10.7 Å². The average molecular weight is 327 g/mol. The fourth-order valence-electron chi connectivity index (χ4n) is 2.32. The van der Waals surface area contributed by atoms with Crippen molar-refractivity contribution in [3.8, 4) is 0 Å². The number of hydrogen-bond acceptors (Lipinski definition) is 5. The number of para-hydroxylation sites is 1. The van der Waals surface area contributed by atoms with Crippen LogP contribution in [0.15, 0.2) is 59.2 Å². The average Bonchev–Trinajstić information content (AvgIpc) is 3.10. The van der Waals surface area contributed by atoms with Crippen molar-refractivity contribution in [3.63, 3.8) is 0 Å². The van der Waals surface area contributed by atoms with E-state index >= 15 is 0 Å². The summed E-state index contributed by atoms with van der Waals surface area (Å²) in [6.07, 6.45) is 2.21. The lowest BCUT2D eigenvalue weighted by Gasteiger charge is -2.36. The number of hydrazine groups is 1. The fraction of sp³-hybridized carbons (Fsp3) is 0.0625. The summed E-state index contributed by atoms with van der Waals surface area (Å²) in [6.45, 7) is 0. The highest BCUT2D eigenvalue weighted by Gasteiger charge is 2.35. The molecule has 2 heterocycles. The summed E-state index contributed by atoms with van der Waals surface area (Å²) in [5, 5.41) is 12.7. The van der Waals surface area contributed by atoms with E-state index < -0.39 is 23.9 Å². The highest BCUT2D eigenvalue weighted by Crippen LogP contribution is 2.31. The van der Waals surface area contributed by atoms with E-state index in [1.807, 2.05) is 0 Å². The number of carbonyl (C=O) groups excluding carboxylic acids is 2. The standard InChI is InChI=1S/C16H13N3O5/c20-13(7-8-14(21)22)18-19-15(12-6-3-9-24-12)17-11-5-2-1-4-10(11)16(19)23/h1-9,15,17H,(H,18,20)(H,21,22). The Kier molecular flexibility index (Phi) is 4.02. The molecule has 0 saturated heterocycles. The first-order valence-corrected chi connectivity index (χ1v) is 7.00. The summed E-state index contributed by atoms with van der Waals surface area (Å²) in [4.78, 5) is 35.1. The summed E-state index contributed by atoms with van der Waals surface area (Å²) < 4.78 is 5.33. The van der Waals surface area contributed by atoms with Gasteiger partial charge in [-0.05, 0) is 24.3 Å². The summed E-state index contributed by atoms with van der Waals surface area (Å²) >= 11 is 0. The molecule has 8 nitrogen and oxygen atoms in total. The Balaban J connectivity index is 1.92. The lowest BCUT2D eigenvalue weighted by atomic mass is 10.1. The number of anilines is 1. The smallest absolute Gasteiger partial charge is 0.328 e. The van der Waals surface area contributed by atoms with Gasteiger partial charge in [0.15, 0.2) is 6.17 Å². The first-order chi connectivity index (χ1) is 11.6. The van der Waals surface area contributed by atoms with Crippen molar-refractivity contribution < 1.29 is 23.9 Å². The molecule has 1 aromatic heterocycles. The van der Waals surface area contributed by atoms with Crippen LogP contribution in [-0.2, 0) is 9.59 Å². The zero-order valence-corrected chi connectivity index (χ0v) is 12.3. The second-order valence-corrected chi connectivity index (χ2v) is 4.93. The van der Waals surface area contributed by atoms with Gasteiger partial charge in [0.05, 0.1) is 11.8 Å². The first-order valence-electron chi connectivity index (χ1n) is 7.00. The van der Waals surface area contributed by atoms with Crippen molar-refractivity contribution in [2.45, 2.75) is 6.17 Å². The van der Waals surface area contributed by atoms with Crippen LogP contribution < -0.4 is 10.7 Å². The number of carbonyl (C=O) groups is 3. The predicted molar refractivity (Wildman–Crippen MR) is 82.6 cm³/mol. The second kappa shape index (κ2) is 6.29. The Morgan fingerprint density at radius 1 is 1.21 bits per heavy atom. The minimum absolute atomic E-state index is 0.378. The van der Waals surface area contributed by atoms with Gasteiger partial charge in [-0.1, -0.05) is 12.1 Å². The molecule has 2 aromatic rings. The molecule has 1 atom stereocenters. The summed E-state index contributed by atoms with van der Waals surface area (Å²) in [5.41, 5.74) is 3.36. The van der Waals surface area contributed by atoms with Crippen LogP contribution in [0.5, 0.6) is 0 Å². The van der Waals surface area contributed by atoms with Gasteiger partial charge in [-0.3, -0.25) is 15.0 Å². The molecule has 8 heteroatoms. The third kappa shape index (κ3) is 2.98. The van der Waals surface area contributed by atoms with Crippen LogP contribution in [-0.4, -0.2) is 27.9 Å². The fourth-order valence-corrected chi connectivity index (χ4v) is 2.32. The number of amides is 2. The SMILES string of the molecule is O=C(O)C=CC(=O)NN1C(=O)c2ccccc2NC1c1ccco1. The monoisotopic (exact) mass is 327 g/mol. The van der Waals surface area contributed by atoms with Crippen molar-refractivity contribution in [1.29, 1.82) is 0 Å². The van der Waals surface area contributed by atoms with Gasteiger partial charge in [0.2, 0.25) is 0 Å². The second-order valence-electron chi connectivity index (χ2n) is 4.93. The third-order valence-electron chi connectivity index (χ3n) is 3.35. The minimum atomic E-state index is -1.26. The molecule has 3 rings (SSSR count). The molecule has 24 heavy (non-hydrogen) atoms. The number of nitrogens with zero attached hydrogens (tertiary/aromatic N) is 1. The normalized spacial score (nSPS) is 16.6. The van der Waals surface area contributed by atoms with Crippen LogP contribution in [0.3, 0.4) is 0 Å². The maximum Gasteiger partial charge on any atom is 0.328 e. The van der Waals surface area contributed by atoms with Gasteiger partial charge in [0.1, 0.15) is 5.76 Å². The number of fused-ring (bicyclic) bond motifs is 1. The lowest BCUT2D eigenvalue weighted by molar-refractivity contribution is -0.131. The summed E-state index contributed by atoms with van der Waals surface area (Å²) in [7, 11) is 0. The van der Waals surface area contributed by atoms with Crippen molar-refractivity contribution in [2.24, 2.45) is 0 Å². The zero-order chi connectivity index (χ0) is 17.1. The van der Waals surface area contributed by atoms with Crippen molar-refractivity contribution >= 4 is 23.5 Å². The van der Waals surface area contributed by atoms with E-state index in [9.17, 15) is 14.4 Å². The quantitative estimate of drug-likeness (QED) is 0.734. The minimum Gasteiger partial charge on any atom is -0.478 e. The zero-order valence-electron chi connectivity index (χ0n) is 12.3. The van der Waals surface area contributed by atoms with Crippen molar-refractivity contribution in [1.82, 2.24) is 10.4 Å². The highest BCUT2D eigenvalue weighted by atomic mass is 16.4. The number of carboxylic acid groups (broad SMARTS) is 1. The van der Waals surface area contributed by atoms with Gasteiger partial charge in [-0.2, -0.15) is 0 Å². The van der Waals surface area contributed by atoms with Crippen molar-refractivity contribution in [2.75, 3.05) is 5.32 Å². The van der Waals surface area contributed by atoms with Gasteiger partial charge < -0.3 is 14.8 Å². The molecule has 0 saturated carbocycles. The van der Waals surface area contributed by atoms with Crippen LogP contribution in [0.2, 0.25) is 0 Å². The van der Waals surface area contributed by atoms with E-state index in [-0.39, 0.29) is 0 Å². The van der Waals surface area contributed by atoms with Crippen LogP contribution >= 0.6 is 0 Å². The van der Waals surface area contributed by atoms with Crippen LogP contribution in [0.4, 0.5) is 5.69 Å². The molecule has 1 aliphatic heterocycles. The molecule has 1 aliphatic rings. The lowest BCUT2D eigenvalue weighted by Crippen LogP contribution is -2.52. The van der Waals surface area contributed by atoms with E-state index in [1.54, 1.807) is 36.4 Å². The Morgan fingerprint density at radius 2 is 2.00 bits per heavy atom. The molecule has 0 radical (unpaired) electrons. The molecule has 0 bridgehead atoms. The Hall–Kier alpha value is -3.55. The summed E-state index contributed by atoms with van der Waals surface area (Å²) in [6, 6.07) is 10.2. The number of carboxylic acids is 1. The molecule has 1 aromatic carbocycles. The van der Waals surface area contributed by atoms with E-state index in [4.69, 9.17) is 9.52 Å². The maximum atomic E-state index is 12.7. The number of rotatable bonds is 4. The molecule has 0 aliphatic carbocycles. The molecule has 2 amide bonds. The van der Waals surface area contributed by atoms with Gasteiger partial charge in [0.25, 0.3) is 11.8 Å². The highest BCUT2D eigenvalue weighted by molar-refractivity contribution is 6.03. The van der Waals surface area contributed by atoms with Gasteiger partial charge in [0, 0.05) is 17.8 Å². The van der Waals surface area contributed by atoms with E-state index in [0.29, 0.717) is 23.1 Å². The van der Waals surface area contributed by atoms with Crippen LogP contribution in [0, 0.1) is 0 Å². The molecular formula is C16H13N3O5. The number of furan rings is 1.